The molecule has 1 aliphatic heterocycles. The molecule has 0 aliphatic carbocycles. The number of likely N-dealkylation sites (tertiary alicyclic amines) is 1. The lowest BCUT2D eigenvalue weighted by atomic mass is 9.89. The molecule has 4 nitrogen and oxygen atoms in total. The van der Waals surface area contributed by atoms with Crippen LogP contribution in [-0.4, -0.2) is 41.3 Å². The second-order valence-electron chi connectivity index (χ2n) is 8.18. The van der Waals surface area contributed by atoms with E-state index in [9.17, 15) is 5.11 Å². The number of para-hydroxylation sites is 2. The molecule has 3 aromatic rings. The summed E-state index contributed by atoms with van der Waals surface area (Å²) in [6, 6.07) is 16.8. The number of aliphatic hydroxyl groups excluding tert-OH is 1. The minimum absolute atomic E-state index is 0.435. The standard InChI is InChI=1S/C25H32N2O2/c1-19(28)23-18-27(24-10-5-3-9-22(23)24)15-7-14-26-16-12-20(13-17-26)21-8-4-6-11-25(21)29-2/h3-6,8-11,18-20,28H,7,12-17H2,1-2H3. The van der Waals surface area contributed by atoms with E-state index in [0.29, 0.717) is 5.92 Å². The minimum atomic E-state index is -0.435. The molecular formula is C25H32N2O2. The lowest BCUT2D eigenvalue weighted by Gasteiger charge is -2.32. The Morgan fingerprint density at radius 3 is 2.52 bits per heavy atom. The van der Waals surface area contributed by atoms with Crippen LogP contribution in [0.2, 0.25) is 0 Å². The molecule has 1 N–H and O–H groups in total. The van der Waals surface area contributed by atoms with Crippen LogP contribution in [-0.2, 0) is 6.54 Å². The third-order valence-corrected chi connectivity index (χ3v) is 6.31. The Kier molecular flexibility index (Phi) is 6.22. The summed E-state index contributed by atoms with van der Waals surface area (Å²) in [6.45, 7) is 6.24. The fourth-order valence-corrected chi connectivity index (χ4v) is 4.73. The lowest BCUT2D eigenvalue weighted by Crippen LogP contribution is -2.34. The van der Waals surface area contributed by atoms with Gasteiger partial charge < -0.3 is 19.3 Å². The monoisotopic (exact) mass is 392 g/mol. The molecule has 0 spiro atoms. The van der Waals surface area contributed by atoms with Gasteiger partial charge in [0.15, 0.2) is 0 Å². The van der Waals surface area contributed by atoms with Crippen molar-refractivity contribution in [1.29, 1.82) is 0 Å². The van der Waals surface area contributed by atoms with Crippen LogP contribution in [0.15, 0.2) is 54.7 Å². The molecule has 1 unspecified atom stereocenters. The van der Waals surface area contributed by atoms with Crippen LogP contribution >= 0.6 is 0 Å². The van der Waals surface area contributed by atoms with Gasteiger partial charge in [0.05, 0.1) is 13.2 Å². The highest BCUT2D eigenvalue weighted by atomic mass is 16.5. The zero-order valence-electron chi connectivity index (χ0n) is 17.6. The first-order chi connectivity index (χ1) is 14.2. The second-order valence-corrected chi connectivity index (χ2v) is 8.18. The van der Waals surface area contributed by atoms with Crippen LogP contribution in [0.5, 0.6) is 5.75 Å². The van der Waals surface area contributed by atoms with Crippen molar-refractivity contribution in [3.63, 3.8) is 0 Å². The topological polar surface area (TPSA) is 37.6 Å². The van der Waals surface area contributed by atoms with E-state index in [1.807, 2.05) is 19.1 Å². The van der Waals surface area contributed by atoms with Crippen LogP contribution in [0.4, 0.5) is 0 Å². The van der Waals surface area contributed by atoms with Crippen LogP contribution in [0.3, 0.4) is 0 Å². The van der Waals surface area contributed by atoms with Crippen molar-refractivity contribution < 1.29 is 9.84 Å². The van der Waals surface area contributed by atoms with E-state index in [1.54, 1.807) is 7.11 Å². The van der Waals surface area contributed by atoms with Crippen molar-refractivity contribution in [1.82, 2.24) is 9.47 Å². The summed E-state index contributed by atoms with van der Waals surface area (Å²) >= 11 is 0. The van der Waals surface area contributed by atoms with Gasteiger partial charge in [-0.25, -0.2) is 0 Å². The first kappa shape index (κ1) is 20.0. The number of aliphatic hydroxyl groups is 1. The van der Waals surface area contributed by atoms with E-state index in [0.717, 1.165) is 43.9 Å². The van der Waals surface area contributed by atoms with E-state index in [1.165, 1.54) is 29.3 Å². The Hall–Kier alpha value is -2.30. The predicted octanol–water partition coefficient (Wildman–Crippen LogP) is 4.97. The summed E-state index contributed by atoms with van der Waals surface area (Å²) in [5.74, 6) is 1.63. The largest absolute Gasteiger partial charge is 0.496 e. The van der Waals surface area contributed by atoms with Crippen LogP contribution in [0.1, 0.15) is 49.3 Å². The molecule has 1 fully saturated rings. The van der Waals surface area contributed by atoms with E-state index in [4.69, 9.17) is 4.74 Å². The third kappa shape index (κ3) is 4.34. The molecular weight excluding hydrogens is 360 g/mol. The number of piperidine rings is 1. The molecule has 0 bridgehead atoms. The molecule has 29 heavy (non-hydrogen) atoms. The number of hydrogen-bond acceptors (Lipinski definition) is 3. The molecule has 154 valence electrons. The molecule has 4 heteroatoms. The molecule has 2 aromatic carbocycles. The quantitative estimate of drug-likeness (QED) is 0.617. The van der Waals surface area contributed by atoms with Gasteiger partial charge in [-0.1, -0.05) is 36.4 Å². The smallest absolute Gasteiger partial charge is 0.122 e. The first-order valence-electron chi connectivity index (χ1n) is 10.8. The summed E-state index contributed by atoms with van der Waals surface area (Å²) in [7, 11) is 1.77. The number of rotatable bonds is 7. The fraction of sp³-hybridized carbons (Fsp3) is 0.440. The molecule has 1 aromatic heterocycles. The summed E-state index contributed by atoms with van der Waals surface area (Å²) in [5, 5.41) is 11.3. The maximum atomic E-state index is 10.1. The van der Waals surface area contributed by atoms with E-state index >= 15 is 0 Å². The van der Waals surface area contributed by atoms with Crippen molar-refractivity contribution >= 4 is 10.9 Å². The van der Waals surface area contributed by atoms with Gasteiger partial charge in [-0.3, -0.25) is 0 Å². The summed E-state index contributed by atoms with van der Waals surface area (Å²) in [4.78, 5) is 2.59. The molecule has 4 rings (SSSR count). The third-order valence-electron chi connectivity index (χ3n) is 6.31. The normalized spacial score (nSPS) is 16.9. The number of nitrogens with zero attached hydrogens (tertiary/aromatic N) is 2. The molecule has 2 heterocycles. The summed E-state index contributed by atoms with van der Waals surface area (Å²) in [5.41, 5.74) is 3.61. The molecule has 0 amide bonds. The van der Waals surface area contributed by atoms with E-state index in [2.05, 4.69) is 52.1 Å². The molecule has 1 saturated heterocycles. The number of methoxy groups -OCH3 is 1. The highest BCUT2D eigenvalue weighted by molar-refractivity contribution is 5.84. The average molecular weight is 393 g/mol. The van der Waals surface area contributed by atoms with Gasteiger partial charge in [0.2, 0.25) is 0 Å². The van der Waals surface area contributed by atoms with E-state index < -0.39 is 6.10 Å². The lowest BCUT2D eigenvalue weighted by molar-refractivity contribution is 0.200. The van der Waals surface area contributed by atoms with Crippen molar-refractivity contribution in [2.24, 2.45) is 0 Å². The van der Waals surface area contributed by atoms with Gasteiger partial charge >= 0.3 is 0 Å². The molecule has 0 radical (unpaired) electrons. The Balaban J connectivity index is 1.32. The molecule has 1 atom stereocenters. The number of fused-ring (bicyclic) bond motifs is 1. The van der Waals surface area contributed by atoms with Gasteiger partial charge in [0.1, 0.15) is 5.75 Å². The van der Waals surface area contributed by atoms with Gasteiger partial charge in [0.25, 0.3) is 0 Å². The van der Waals surface area contributed by atoms with Crippen LogP contribution in [0, 0.1) is 0 Å². The van der Waals surface area contributed by atoms with Crippen LogP contribution in [0.25, 0.3) is 10.9 Å². The Morgan fingerprint density at radius 2 is 1.76 bits per heavy atom. The van der Waals surface area contributed by atoms with Crippen molar-refractivity contribution in [2.75, 3.05) is 26.7 Å². The summed E-state index contributed by atoms with van der Waals surface area (Å²) < 4.78 is 7.86. The van der Waals surface area contributed by atoms with Crippen LogP contribution < -0.4 is 4.74 Å². The average Bonchev–Trinajstić information content (AvgIpc) is 3.13. The van der Waals surface area contributed by atoms with Gasteiger partial charge in [0, 0.05) is 29.2 Å². The second kappa shape index (κ2) is 9.02. The van der Waals surface area contributed by atoms with Crippen molar-refractivity contribution in [2.45, 2.75) is 44.8 Å². The number of ether oxygens (including phenoxy) is 1. The Bertz CT molecular complexity index is 939. The van der Waals surface area contributed by atoms with Crippen molar-refractivity contribution in [3.8, 4) is 5.75 Å². The Labute approximate surface area is 173 Å². The highest BCUT2D eigenvalue weighted by Crippen LogP contribution is 2.34. The summed E-state index contributed by atoms with van der Waals surface area (Å²) in [6.07, 6.45) is 5.20. The van der Waals surface area contributed by atoms with Gasteiger partial charge in [-0.2, -0.15) is 0 Å². The SMILES string of the molecule is COc1ccccc1C1CCN(CCCn2cc(C(C)O)c3ccccc32)CC1. The minimum Gasteiger partial charge on any atom is -0.496 e. The molecule has 1 aliphatic rings. The fourth-order valence-electron chi connectivity index (χ4n) is 4.73. The number of aromatic nitrogens is 1. The molecule has 0 saturated carbocycles. The highest BCUT2D eigenvalue weighted by Gasteiger charge is 2.22. The van der Waals surface area contributed by atoms with E-state index in [-0.39, 0.29) is 0 Å². The first-order valence-corrected chi connectivity index (χ1v) is 10.8. The zero-order chi connectivity index (χ0) is 20.2. The zero-order valence-corrected chi connectivity index (χ0v) is 17.6. The number of hydrogen-bond donors (Lipinski definition) is 1. The Morgan fingerprint density at radius 1 is 1.03 bits per heavy atom. The van der Waals surface area contributed by atoms with Gasteiger partial charge in [-0.15, -0.1) is 0 Å². The van der Waals surface area contributed by atoms with Crippen molar-refractivity contribution in [3.05, 3.63) is 65.9 Å². The predicted molar refractivity (Wildman–Crippen MR) is 119 cm³/mol. The maximum absolute atomic E-state index is 10.1. The number of aryl methyl sites for hydroxylation is 1. The van der Waals surface area contributed by atoms with Gasteiger partial charge in [-0.05, 0) is 69.4 Å². The maximum Gasteiger partial charge on any atom is 0.122 e. The number of benzene rings is 2.